The first kappa shape index (κ1) is 16.0. The van der Waals surface area contributed by atoms with Crippen LogP contribution in [0.15, 0.2) is 12.1 Å². The second-order valence-corrected chi connectivity index (χ2v) is 5.50. The Labute approximate surface area is 117 Å². The molecule has 1 unspecified atom stereocenters. The number of nitrogens with one attached hydrogen (secondary N) is 1. The molecule has 0 bridgehead atoms. The predicted molar refractivity (Wildman–Crippen MR) is 79.9 cm³/mol. The Bertz CT molecular complexity index is 402. The summed E-state index contributed by atoms with van der Waals surface area (Å²) >= 11 is 0. The minimum absolute atomic E-state index is 0.164. The summed E-state index contributed by atoms with van der Waals surface area (Å²) in [5, 5.41) is 12.7. The fourth-order valence-corrected chi connectivity index (χ4v) is 2.35. The van der Waals surface area contributed by atoms with Gasteiger partial charge in [0.2, 0.25) is 0 Å². The quantitative estimate of drug-likeness (QED) is 0.796. The van der Waals surface area contributed by atoms with Gasteiger partial charge in [0.1, 0.15) is 5.75 Å². The van der Waals surface area contributed by atoms with Crippen molar-refractivity contribution in [3.05, 3.63) is 28.8 Å². The molecule has 108 valence electrons. The number of aryl methyl sites for hydroxylation is 2. The Morgan fingerprint density at radius 2 is 1.95 bits per heavy atom. The van der Waals surface area contributed by atoms with Crippen LogP contribution < -0.4 is 10.1 Å². The predicted octanol–water partition coefficient (Wildman–Crippen LogP) is 2.46. The molecule has 19 heavy (non-hydrogen) atoms. The van der Waals surface area contributed by atoms with Crippen LogP contribution >= 0.6 is 0 Å². The summed E-state index contributed by atoms with van der Waals surface area (Å²) in [5.74, 6) is 1.40. The molecule has 1 atom stereocenters. The smallest absolute Gasteiger partial charge is 0.122 e. The molecule has 0 heterocycles. The maximum atomic E-state index is 9.30. The fourth-order valence-electron chi connectivity index (χ4n) is 2.35. The highest BCUT2D eigenvalue weighted by Crippen LogP contribution is 2.24. The van der Waals surface area contributed by atoms with Crippen LogP contribution in [-0.2, 0) is 6.42 Å². The van der Waals surface area contributed by atoms with Crippen LogP contribution in [0.25, 0.3) is 0 Å². The highest BCUT2D eigenvalue weighted by atomic mass is 16.5. The molecule has 3 nitrogen and oxygen atoms in total. The van der Waals surface area contributed by atoms with Crippen LogP contribution in [0.3, 0.4) is 0 Å². The molecular weight excluding hydrogens is 238 g/mol. The molecule has 0 amide bonds. The van der Waals surface area contributed by atoms with Crippen molar-refractivity contribution < 1.29 is 9.84 Å². The Hall–Kier alpha value is -1.06. The summed E-state index contributed by atoms with van der Waals surface area (Å²) in [7, 11) is 1.72. The second-order valence-electron chi connectivity index (χ2n) is 5.50. The van der Waals surface area contributed by atoms with Crippen molar-refractivity contribution in [3.8, 4) is 5.75 Å². The molecule has 2 N–H and O–H groups in total. The summed E-state index contributed by atoms with van der Waals surface area (Å²) in [6, 6.07) is 4.43. The maximum absolute atomic E-state index is 9.30. The molecule has 0 saturated carbocycles. The molecule has 0 aliphatic carbocycles. The van der Waals surface area contributed by atoms with E-state index in [-0.39, 0.29) is 12.6 Å². The third-order valence-electron chi connectivity index (χ3n) is 3.58. The van der Waals surface area contributed by atoms with Gasteiger partial charge in [-0.25, -0.2) is 0 Å². The zero-order chi connectivity index (χ0) is 14.4. The van der Waals surface area contributed by atoms with Crippen molar-refractivity contribution in [2.45, 2.75) is 40.2 Å². The molecule has 0 aromatic heterocycles. The molecule has 1 aromatic carbocycles. The lowest BCUT2D eigenvalue weighted by Gasteiger charge is -2.20. The van der Waals surface area contributed by atoms with E-state index in [1.807, 2.05) is 0 Å². The van der Waals surface area contributed by atoms with Crippen LogP contribution in [0.1, 0.15) is 30.5 Å². The van der Waals surface area contributed by atoms with Crippen molar-refractivity contribution in [1.29, 1.82) is 0 Å². The van der Waals surface area contributed by atoms with E-state index in [1.54, 1.807) is 7.11 Å². The Kier molecular flexibility index (Phi) is 6.32. The summed E-state index contributed by atoms with van der Waals surface area (Å²) < 4.78 is 5.46. The van der Waals surface area contributed by atoms with Gasteiger partial charge in [-0.2, -0.15) is 0 Å². The highest BCUT2D eigenvalue weighted by Gasteiger charge is 2.12. The second kappa shape index (κ2) is 7.51. The first-order valence-electron chi connectivity index (χ1n) is 6.98. The van der Waals surface area contributed by atoms with Gasteiger partial charge in [-0.15, -0.1) is 0 Å². The van der Waals surface area contributed by atoms with Gasteiger partial charge >= 0.3 is 0 Å². The average Bonchev–Trinajstić information content (AvgIpc) is 2.35. The lowest BCUT2D eigenvalue weighted by atomic mass is 10.0. The molecular formula is C16H27NO2. The van der Waals surface area contributed by atoms with Crippen molar-refractivity contribution in [2.75, 3.05) is 20.3 Å². The Morgan fingerprint density at radius 1 is 1.26 bits per heavy atom. The standard InChI is InChI=1S/C16H27NO2/c1-11(2)15(10-18)17-7-6-14-13(4)8-12(3)9-16(14)19-5/h8-9,11,15,17-18H,6-7,10H2,1-5H3. The average molecular weight is 265 g/mol. The van der Waals surface area contributed by atoms with Crippen molar-refractivity contribution >= 4 is 0 Å². The highest BCUT2D eigenvalue weighted by molar-refractivity contribution is 5.43. The molecule has 1 aromatic rings. The summed E-state index contributed by atoms with van der Waals surface area (Å²) in [6.07, 6.45) is 0.915. The first-order valence-corrected chi connectivity index (χ1v) is 6.98. The van der Waals surface area contributed by atoms with E-state index < -0.39 is 0 Å². The van der Waals surface area contributed by atoms with E-state index in [0.717, 1.165) is 18.7 Å². The molecule has 0 radical (unpaired) electrons. The number of aliphatic hydroxyl groups is 1. The summed E-state index contributed by atoms with van der Waals surface area (Å²) in [5.41, 5.74) is 3.74. The minimum Gasteiger partial charge on any atom is -0.496 e. The van der Waals surface area contributed by atoms with Crippen LogP contribution in [-0.4, -0.2) is 31.4 Å². The minimum atomic E-state index is 0.164. The number of rotatable bonds is 7. The normalized spacial score (nSPS) is 12.8. The molecule has 0 aliphatic rings. The Morgan fingerprint density at radius 3 is 2.47 bits per heavy atom. The number of benzene rings is 1. The number of methoxy groups -OCH3 is 1. The van der Waals surface area contributed by atoms with Crippen LogP contribution in [0.2, 0.25) is 0 Å². The molecule has 1 rings (SSSR count). The van der Waals surface area contributed by atoms with Crippen molar-refractivity contribution in [3.63, 3.8) is 0 Å². The van der Waals surface area contributed by atoms with E-state index in [9.17, 15) is 5.11 Å². The van der Waals surface area contributed by atoms with Gasteiger partial charge in [0, 0.05) is 6.04 Å². The van der Waals surface area contributed by atoms with Gasteiger partial charge < -0.3 is 15.2 Å². The van der Waals surface area contributed by atoms with E-state index in [0.29, 0.717) is 5.92 Å². The number of aliphatic hydroxyl groups excluding tert-OH is 1. The van der Waals surface area contributed by atoms with E-state index >= 15 is 0 Å². The van der Waals surface area contributed by atoms with Crippen LogP contribution in [0.4, 0.5) is 0 Å². The molecule has 0 spiro atoms. The maximum Gasteiger partial charge on any atom is 0.122 e. The van der Waals surface area contributed by atoms with E-state index in [1.165, 1.54) is 16.7 Å². The SMILES string of the molecule is COc1cc(C)cc(C)c1CCNC(CO)C(C)C. The third kappa shape index (κ3) is 4.51. The largest absolute Gasteiger partial charge is 0.496 e. The first-order chi connectivity index (χ1) is 8.99. The number of hydrogen-bond acceptors (Lipinski definition) is 3. The fraction of sp³-hybridized carbons (Fsp3) is 0.625. The monoisotopic (exact) mass is 265 g/mol. The van der Waals surface area contributed by atoms with E-state index in [2.05, 4.69) is 45.1 Å². The lowest BCUT2D eigenvalue weighted by Crippen LogP contribution is -2.38. The Balaban J connectivity index is 2.67. The van der Waals surface area contributed by atoms with Crippen molar-refractivity contribution in [2.24, 2.45) is 5.92 Å². The molecule has 0 saturated heterocycles. The van der Waals surface area contributed by atoms with Gasteiger partial charge in [-0.3, -0.25) is 0 Å². The zero-order valence-electron chi connectivity index (χ0n) is 12.8. The van der Waals surface area contributed by atoms with Crippen molar-refractivity contribution in [1.82, 2.24) is 5.32 Å². The van der Waals surface area contributed by atoms with Gasteiger partial charge in [-0.05, 0) is 55.5 Å². The van der Waals surface area contributed by atoms with Crippen LogP contribution in [0.5, 0.6) is 5.75 Å². The number of hydrogen-bond donors (Lipinski definition) is 2. The lowest BCUT2D eigenvalue weighted by molar-refractivity contribution is 0.211. The van der Waals surface area contributed by atoms with Crippen LogP contribution in [0, 0.1) is 19.8 Å². The zero-order valence-corrected chi connectivity index (χ0v) is 12.8. The van der Waals surface area contributed by atoms with Gasteiger partial charge in [-0.1, -0.05) is 19.9 Å². The summed E-state index contributed by atoms with van der Waals surface area (Å²) in [6.45, 7) is 9.47. The molecule has 0 aliphatic heterocycles. The van der Waals surface area contributed by atoms with E-state index in [4.69, 9.17) is 4.74 Å². The third-order valence-corrected chi connectivity index (χ3v) is 3.58. The van der Waals surface area contributed by atoms with Gasteiger partial charge in [0.15, 0.2) is 0 Å². The van der Waals surface area contributed by atoms with Gasteiger partial charge in [0.25, 0.3) is 0 Å². The topological polar surface area (TPSA) is 41.5 Å². The molecule has 0 fully saturated rings. The molecule has 3 heteroatoms. The summed E-state index contributed by atoms with van der Waals surface area (Å²) in [4.78, 5) is 0. The number of ether oxygens (including phenoxy) is 1. The van der Waals surface area contributed by atoms with Gasteiger partial charge in [0.05, 0.1) is 13.7 Å².